The van der Waals surface area contributed by atoms with Crippen molar-refractivity contribution in [3.8, 4) is 0 Å². The highest BCUT2D eigenvalue weighted by molar-refractivity contribution is 8.01. The van der Waals surface area contributed by atoms with E-state index in [0.29, 0.717) is 11.8 Å². The van der Waals surface area contributed by atoms with E-state index in [0.717, 1.165) is 35.2 Å². The van der Waals surface area contributed by atoms with Crippen LogP contribution >= 0.6 is 23.1 Å². The minimum absolute atomic E-state index is 0.254. The largest absolute Gasteiger partial charge is 0.480 e. The van der Waals surface area contributed by atoms with Crippen LogP contribution in [-0.4, -0.2) is 52.7 Å². The Bertz CT molecular complexity index is 528. The zero-order chi connectivity index (χ0) is 15.0. The van der Waals surface area contributed by atoms with Gasteiger partial charge in [0, 0.05) is 25.9 Å². The van der Waals surface area contributed by atoms with Gasteiger partial charge < -0.3 is 10.0 Å². The topological polar surface area (TPSA) is 78.4 Å². The summed E-state index contributed by atoms with van der Waals surface area (Å²) in [6, 6.07) is 0.383. The molecular formula is C13H20N4O2S2. The van der Waals surface area contributed by atoms with Gasteiger partial charge in [0.05, 0.1) is 0 Å². The fourth-order valence-electron chi connectivity index (χ4n) is 2.36. The molecule has 3 rings (SSSR count). The quantitative estimate of drug-likeness (QED) is 0.703. The van der Waals surface area contributed by atoms with Crippen LogP contribution in [0.25, 0.3) is 0 Å². The number of hydrogen-bond donors (Lipinski definition) is 2. The van der Waals surface area contributed by atoms with Crippen LogP contribution in [0.3, 0.4) is 0 Å². The normalized spacial score (nSPS) is 21.0. The summed E-state index contributed by atoms with van der Waals surface area (Å²) in [5.41, 5.74) is -0.796. The van der Waals surface area contributed by atoms with Gasteiger partial charge in [-0.25, -0.2) is 0 Å². The van der Waals surface area contributed by atoms with Gasteiger partial charge in [-0.1, -0.05) is 23.1 Å². The van der Waals surface area contributed by atoms with E-state index in [1.807, 2.05) is 19.0 Å². The number of aliphatic carboxylic acids is 1. The van der Waals surface area contributed by atoms with Crippen LogP contribution in [-0.2, 0) is 4.79 Å². The van der Waals surface area contributed by atoms with Gasteiger partial charge in [-0.3, -0.25) is 10.1 Å². The lowest BCUT2D eigenvalue weighted by Crippen LogP contribution is -2.57. The first-order chi connectivity index (χ1) is 10.0. The van der Waals surface area contributed by atoms with Crippen molar-refractivity contribution in [3.63, 3.8) is 0 Å². The Labute approximate surface area is 132 Å². The Morgan fingerprint density at radius 3 is 2.62 bits per heavy atom. The molecule has 1 aromatic rings. The van der Waals surface area contributed by atoms with Gasteiger partial charge in [-0.05, 0) is 31.6 Å². The highest BCUT2D eigenvalue weighted by atomic mass is 32.2. The molecule has 2 saturated carbocycles. The molecule has 6 nitrogen and oxygen atoms in total. The maximum atomic E-state index is 11.9. The van der Waals surface area contributed by atoms with Crippen LogP contribution in [0.5, 0.6) is 0 Å². The van der Waals surface area contributed by atoms with Crippen molar-refractivity contribution in [1.82, 2.24) is 15.5 Å². The SMILES string of the molecule is CN(C)c1nnc(SCC(NC2CC2)(C(=O)O)C2CC2)s1. The van der Waals surface area contributed by atoms with Crippen LogP contribution in [0.2, 0.25) is 0 Å². The van der Waals surface area contributed by atoms with E-state index in [2.05, 4.69) is 15.5 Å². The third-order valence-electron chi connectivity index (χ3n) is 3.90. The van der Waals surface area contributed by atoms with Crippen molar-refractivity contribution >= 4 is 34.2 Å². The number of carbonyl (C=O) groups is 1. The summed E-state index contributed by atoms with van der Waals surface area (Å²) < 4.78 is 0.836. The van der Waals surface area contributed by atoms with Gasteiger partial charge in [-0.2, -0.15) is 0 Å². The van der Waals surface area contributed by atoms with Crippen molar-refractivity contribution in [2.24, 2.45) is 5.92 Å². The maximum absolute atomic E-state index is 11.9. The zero-order valence-electron chi connectivity index (χ0n) is 12.2. The minimum Gasteiger partial charge on any atom is -0.480 e. The first-order valence-corrected chi connectivity index (χ1v) is 8.96. The summed E-state index contributed by atoms with van der Waals surface area (Å²) in [5, 5.41) is 22.2. The predicted octanol–water partition coefficient (Wildman–Crippen LogP) is 1.68. The second-order valence-corrected chi connectivity index (χ2v) is 8.18. The summed E-state index contributed by atoms with van der Waals surface area (Å²) in [5.74, 6) is 0.0528. The maximum Gasteiger partial charge on any atom is 0.325 e. The third-order valence-corrected chi connectivity index (χ3v) is 6.31. The Morgan fingerprint density at radius 2 is 2.14 bits per heavy atom. The molecule has 0 saturated heterocycles. The fraction of sp³-hybridized carbons (Fsp3) is 0.769. The highest BCUT2D eigenvalue weighted by Gasteiger charge is 2.53. The van der Waals surface area contributed by atoms with E-state index in [1.165, 1.54) is 23.1 Å². The number of anilines is 1. The Hall–Kier alpha value is -0.860. The predicted molar refractivity (Wildman–Crippen MR) is 84.2 cm³/mol. The van der Waals surface area contributed by atoms with E-state index >= 15 is 0 Å². The smallest absolute Gasteiger partial charge is 0.325 e. The molecule has 0 aromatic carbocycles. The van der Waals surface area contributed by atoms with Gasteiger partial charge in [0.15, 0.2) is 4.34 Å². The monoisotopic (exact) mass is 328 g/mol. The van der Waals surface area contributed by atoms with Gasteiger partial charge in [0.1, 0.15) is 5.54 Å². The van der Waals surface area contributed by atoms with Crippen molar-refractivity contribution in [2.75, 3.05) is 24.7 Å². The molecule has 0 amide bonds. The molecule has 0 aliphatic heterocycles. The molecule has 8 heteroatoms. The molecule has 21 heavy (non-hydrogen) atoms. The molecule has 1 unspecified atom stereocenters. The highest BCUT2D eigenvalue weighted by Crippen LogP contribution is 2.44. The van der Waals surface area contributed by atoms with Crippen LogP contribution in [0.1, 0.15) is 25.7 Å². The van der Waals surface area contributed by atoms with Crippen LogP contribution < -0.4 is 10.2 Å². The van der Waals surface area contributed by atoms with Crippen LogP contribution in [0, 0.1) is 5.92 Å². The number of hydrogen-bond acceptors (Lipinski definition) is 7. The Kier molecular flexibility index (Phi) is 4.11. The van der Waals surface area contributed by atoms with Gasteiger partial charge in [-0.15, -0.1) is 10.2 Å². The number of nitrogens with one attached hydrogen (secondary N) is 1. The van der Waals surface area contributed by atoms with E-state index in [-0.39, 0.29) is 5.92 Å². The first kappa shape index (κ1) is 15.1. The number of thioether (sulfide) groups is 1. The van der Waals surface area contributed by atoms with E-state index in [4.69, 9.17) is 0 Å². The molecule has 2 N–H and O–H groups in total. The standard InChI is InChI=1S/C13H20N4O2S2/c1-17(2)11-15-16-12(21-11)20-7-13(10(18)19,8-3-4-8)14-9-5-6-9/h8-9,14H,3-7H2,1-2H3,(H,18,19). The molecule has 2 aliphatic rings. The number of carboxylic acid groups (broad SMARTS) is 1. The summed E-state index contributed by atoms with van der Waals surface area (Å²) in [4.78, 5) is 13.8. The molecule has 0 bridgehead atoms. The third kappa shape index (κ3) is 3.32. The zero-order valence-corrected chi connectivity index (χ0v) is 13.8. The number of carboxylic acids is 1. The van der Waals surface area contributed by atoms with Crippen molar-refractivity contribution in [2.45, 2.75) is 41.6 Å². The molecule has 116 valence electrons. The second kappa shape index (κ2) is 5.73. The van der Waals surface area contributed by atoms with Gasteiger partial charge >= 0.3 is 5.97 Å². The summed E-state index contributed by atoms with van der Waals surface area (Å²) in [6.07, 6.45) is 4.20. The summed E-state index contributed by atoms with van der Waals surface area (Å²) >= 11 is 3.01. The second-order valence-electron chi connectivity index (χ2n) is 6.00. The fourth-order valence-corrected chi connectivity index (χ4v) is 4.39. The van der Waals surface area contributed by atoms with E-state index in [9.17, 15) is 9.90 Å². The lowest BCUT2D eigenvalue weighted by atomic mass is 9.95. The first-order valence-electron chi connectivity index (χ1n) is 7.16. The molecule has 1 heterocycles. The minimum atomic E-state index is -0.796. The molecule has 2 aliphatic carbocycles. The molecule has 1 aromatic heterocycles. The van der Waals surface area contributed by atoms with E-state index < -0.39 is 11.5 Å². The van der Waals surface area contributed by atoms with E-state index in [1.54, 1.807) is 0 Å². The summed E-state index contributed by atoms with van der Waals surface area (Å²) in [6.45, 7) is 0. The van der Waals surface area contributed by atoms with Crippen molar-refractivity contribution < 1.29 is 9.90 Å². The van der Waals surface area contributed by atoms with Gasteiger partial charge in [0.25, 0.3) is 0 Å². The Morgan fingerprint density at radius 1 is 1.43 bits per heavy atom. The number of rotatable bonds is 8. The summed E-state index contributed by atoms with van der Waals surface area (Å²) in [7, 11) is 3.85. The lowest BCUT2D eigenvalue weighted by molar-refractivity contribution is -0.145. The molecule has 0 spiro atoms. The number of nitrogens with zero attached hydrogens (tertiary/aromatic N) is 3. The van der Waals surface area contributed by atoms with Crippen molar-refractivity contribution in [3.05, 3.63) is 0 Å². The number of aromatic nitrogens is 2. The average Bonchev–Trinajstić information content (AvgIpc) is 3.34. The Balaban J connectivity index is 1.69. The molecule has 1 atom stereocenters. The van der Waals surface area contributed by atoms with Crippen molar-refractivity contribution in [1.29, 1.82) is 0 Å². The van der Waals surface area contributed by atoms with Gasteiger partial charge in [0.2, 0.25) is 5.13 Å². The molecular weight excluding hydrogens is 308 g/mol. The van der Waals surface area contributed by atoms with Crippen LogP contribution in [0.4, 0.5) is 5.13 Å². The average molecular weight is 328 g/mol. The lowest BCUT2D eigenvalue weighted by Gasteiger charge is -2.30. The molecule has 2 fully saturated rings. The molecule has 0 radical (unpaired) electrons. The van der Waals surface area contributed by atoms with Crippen LogP contribution in [0.15, 0.2) is 4.34 Å².